The molecule has 1 amide bonds. The summed E-state index contributed by atoms with van der Waals surface area (Å²) >= 11 is 9.42. The first-order chi connectivity index (χ1) is 13.7. The molecule has 1 saturated heterocycles. The Labute approximate surface area is 177 Å². The molecule has 1 aromatic heterocycles. The largest absolute Gasteiger partial charge is 0.376 e. The lowest BCUT2D eigenvalue weighted by atomic mass is 10.2. The Hall–Kier alpha value is -1.60. The standard InChI is InChI=1S/C21H21ClN2O2S2/c22-17-9-4-10-18-20(17)23-21(28-18)24(12-16-8-5-11-26-16)19(25)14-27-13-15-6-2-1-3-7-15/h1-4,6-7,9-10,16H,5,8,11-14H2. The predicted molar refractivity (Wildman–Crippen MR) is 119 cm³/mol. The average Bonchev–Trinajstić information content (AvgIpc) is 3.37. The lowest BCUT2D eigenvalue weighted by Crippen LogP contribution is -2.38. The smallest absolute Gasteiger partial charge is 0.238 e. The van der Waals surface area contributed by atoms with E-state index in [0.29, 0.717) is 22.5 Å². The van der Waals surface area contributed by atoms with Crippen LogP contribution in [0.25, 0.3) is 10.2 Å². The van der Waals surface area contributed by atoms with Crippen molar-refractivity contribution in [3.63, 3.8) is 0 Å². The maximum atomic E-state index is 13.1. The SMILES string of the molecule is O=C(CSCc1ccccc1)N(CC1CCCO1)c1nc2c(Cl)cccc2s1. The molecule has 1 aliphatic rings. The van der Waals surface area contributed by atoms with Crippen LogP contribution in [0.5, 0.6) is 0 Å². The Bertz CT molecular complexity index is 942. The lowest BCUT2D eigenvalue weighted by Gasteiger charge is -2.23. The first-order valence-corrected chi connectivity index (χ1v) is 11.6. The zero-order valence-corrected chi connectivity index (χ0v) is 17.7. The van der Waals surface area contributed by atoms with Gasteiger partial charge < -0.3 is 4.74 Å². The molecule has 0 bridgehead atoms. The Kier molecular flexibility index (Phi) is 6.52. The van der Waals surface area contributed by atoms with E-state index in [9.17, 15) is 4.79 Å². The predicted octanol–water partition coefficient (Wildman–Crippen LogP) is 5.40. The zero-order chi connectivity index (χ0) is 19.3. The number of ether oxygens (including phenoxy) is 1. The van der Waals surface area contributed by atoms with Crippen molar-refractivity contribution in [2.24, 2.45) is 0 Å². The molecule has 1 unspecified atom stereocenters. The van der Waals surface area contributed by atoms with Gasteiger partial charge in [-0.25, -0.2) is 4.98 Å². The van der Waals surface area contributed by atoms with Gasteiger partial charge in [0.2, 0.25) is 5.91 Å². The van der Waals surface area contributed by atoms with Gasteiger partial charge in [-0.1, -0.05) is 59.3 Å². The van der Waals surface area contributed by atoms with Crippen molar-refractivity contribution in [2.45, 2.75) is 24.7 Å². The van der Waals surface area contributed by atoms with E-state index in [1.54, 1.807) is 16.7 Å². The molecule has 3 aromatic rings. The van der Waals surface area contributed by atoms with Gasteiger partial charge in [0.1, 0.15) is 5.52 Å². The fraction of sp³-hybridized carbons (Fsp3) is 0.333. The molecule has 7 heteroatoms. The number of fused-ring (bicyclic) bond motifs is 1. The van der Waals surface area contributed by atoms with Gasteiger partial charge in [-0.15, -0.1) is 11.8 Å². The maximum Gasteiger partial charge on any atom is 0.238 e. The van der Waals surface area contributed by atoms with E-state index < -0.39 is 0 Å². The number of halogens is 1. The van der Waals surface area contributed by atoms with Crippen LogP contribution in [0.15, 0.2) is 48.5 Å². The van der Waals surface area contributed by atoms with Crippen LogP contribution in [0.1, 0.15) is 18.4 Å². The monoisotopic (exact) mass is 432 g/mol. The number of benzene rings is 2. The van der Waals surface area contributed by atoms with Crippen LogP contribution in [-0.2, 0) is 15.3 Å². The highest BCUT2D eigenvalue weighted by atomic mass is 35.5. The first kappa shape index (κ1) is 19.7. The number of carbonyl (C=O) groups excluding carboxylic acids is 1. The number of nitrogens with zero attached hydrogens (tertiary/aromatic N) is 2. The second-order valence-electron chi connectivity index (χ2n) is 6.70. The van der Waals surface area contributed by atoms with Crippen LogP contribution >= 0.6 is 34.7 Å². The van der Waals surface area contributed by atoms with Gasteiger partial charge in [-0.2, -0.15) is 0 Å². The topological polar surface area (TPSA) is 42.4 Å². The molecular weight excluding hydrogens is 412 g/mol. The average molecular weight is 433 g/mol. The fourth-order valence-corrected chi connectivity index (χ4v) is 5.36. The van der Waals surface area contributed by atoms with E-state index in [1.165, 1.54) is 16.9 Å². The molecular formula is C21H21ClN2O2S2. The molecule has 4 nitrogen and oxygen atoms in total. The van der Waals surface area contributed by atoms with Crippen molar-refractivity contribution in [1.82, 2.24) is 4.98 Å². The lowest BCUT2D eigenvalue weighted by molar-refractivity contribution is -0.116. The zero-order valence-electron chi connectivity index (χ0n) is 15.3. The van der Waals surface area contributed by atoms with Gasteiger partial charge in [0.05, 0.1) is 28.1 Å². The van der Waals surface area contributed by atoms with Gasteiger partial charge in [0, 0.05) is 12.4 Å². The number of hydrogen-bond acceptors (Lipinski definition) is 5. The third-order valence-electron chi connectivity index (χ3n) is 4.64. The van der Waals surface area contributed by atoms with Crippen molar-refractivity contribution in [2.75, 3.05) is 23.8 Å². The van der Waals surface area contributed by atoms with E-state index >= 15 is 0 Å². The minimum Gasteiger partial charge on any atom is -0.376 e. The summed E-state index contributed by atoms with van der Waals surface area (Å²) in [6, 6.07) is 15.9. The molecule has 146 valence electrons. The Morgan fingerprint density at radius 2 is 2.11 bits per heavy atom. The minimum absolute atomic E-state index is 0.0617. The second-order valence-corrected chi connectivity index (χ2v) is 9.10. The van der Waals surface area contributed by atoms with Crippen LogP contribution in [0.2, 0.25) is 5.02 Å². The van der Waals surface area contributed by atoms with E-state index in [4.69, 9.17) is 16.3 Å². The summed E-state index contributed by atoms with van der Waals surface area (Å²) in [7, 11) is 0. The number of aromatic nitrogens is 1. The number of thiazole rings is 1. The molecule has 1 aliphatic heterocycles. The maximum absolute atomic E-state index is 13.1. The molecule has 0 spiro atoms. The van der Waals surface area contributed by atoms with Crippen molar-refractivity contribution in [3.8, 4) is 0 Å². The van der Waals surface area contributed by atoms with Crippen molar-refractivity contribution in [1.29, 1.82) is 0 Å². The number of rotatable bonds is 7. The number of anilines is 1. The molecule has 1 fully saturated rings. The van der Waals surface area contributed by atoms with Gasteiger partial charge >= 0.3 is 0 Å². The summed E-state index contributed by atoms with van der Waals surface area (Å²) in [6.45, 7) is 1.31. The number of hydrogen-bond donors (Lipinski definition) is 0. The number of para-hydroxylation sites is 1. The highest BCUT2D eigenvalue weighted by molar-refractivity contribution is 7.99. The Morgan fingerprint density at radius 1 is 1.25 bits per heavy atom. The molecule has 0 radical (unpaired) electrons. The van der Waals surface area contributed by atoms with E-state index in [2.05, 4.69) is 17.1 Å². The number of thioether (sulfide) groups is 1. The van der Waals surface area contributed by atoms with Gasteiger partial charge in [-0.05, 0) is 30.5 Å². The molecule has 0 saturated carbocycles. The molecule has 2 aromatic carbocycles. The Morgan fingerprint density at radius 3 is 2.86 bits per heavy atom. The number of carbonyl (C=O) groups is 1. The minimum atomic E-state index is 0.0617. The highest BCUT2D eigenvalue weighted by Crippen LogP contribution is 2.33. The van der Waals surface area contributed by atoms with Gasteiger partial charge in [0.15, 0.2) is 5.13 Å². The van der Waals surface area contributed by atoms with Gasteiger partial charge in [-0.3, -0.25) is 9.69 Å². The molecule has 0 aliphatic carbocycles. The molecule has 4 rings (SSSR count). The van der Waals surface area contributed by atoms with Crippen molar-refractivity contribution >= 4 is 56.0 Å². The van der Waals surface area contributed by atoms with Crippen LogP contribution in [0.4, 0.5) is 5.13 Å². The van der Waals surface area contributed by atoms with E-state index in [-0.39, 0.29) is 12.0 Å². The highest BCUT2D eigenvalue weighted by Gasteiger charge is 2.26. The summed E-state index contributed by atoms with van der Waals surface area (Å²) in [5.74, 6) is 1.28. The van der Waals surface area contributed by atoms with Crippen molar-refractivity contribution < 1.29 is 9.53 Å². The normalized spacial score (nSPS) is 16.5. The summed E-state index contributed by atoms with van der Waals surface area (Å²) in [4.78, 5) is 19.5. The summed E-state index contributed by atoms with van der Waals surface area (Å²) in [6.07, 6.45) is 2.10. The Balaban J connectivity index is 1.50. The first-order valence-electron chi connectivity index (χ1n) is 9.29. The fourth-order valence-electron chi connectivity index (χ4n) is 3.21. The van der Waals surface area contributed by atoms with Crippen LogP contribution < -0.4 is 4.90 Å². The molecule has 1 atom stereocenters. The van der Waals surface area contributed by atoms with Crippen LogP contribution in [0, 0.1) is 0 Å². The van der Waals surface area contributed by atoms with Crippen LogP contribution in [-0.4, -0.2) is 35.9 Å². The third kappa shape index (κ3) is 4.69. The number of amides is 1. The summed E-state index contributed by atoms with van der Waals surface area (Å²) in [5, 5.41) is 1.31. The van der Waals surface area contributed by atoms with Gasteiger partial charge in [0.25, 0.3) is 0 Å². The summed E-state index contributed by atoms with van der Waals surface area (Å²) < 4.78 is 6.77. The van der Waals surface area contributed by atoms with E-state index in [0.717, 1.165) is 35.4 Å². The molecule has 2 heterocycles. The summed E-state index contributed by atoms with van der Waals surface area (Å²) in [5.41, 5.74) is 1.98. The molecule has 0 N–H and O–H groups in total. The molecule has 28 heavy (non-hydrogen) atoms. The van der Waals surface area contributed by atoms with Crippen LogP contribution in [0.3, 0.4) is 0 Å². The second kappa shape index (κ2) is 9.27. The van der Waals surface area contributed by atoms with E-state index in [1.807, 2.05) is 36.4 Å². The third-order valence-corrected chi connectivity index (χ3v) is 6.97. The van der Waals surface area contributed by atoms with Crippen molar-refractivity contribution in [3.05, 3.63) is 59.1 Å². The quantitative estimate of drug-likeness (QED) is 0.501.